The Bertz CT molecular complexity index is 816. The second-order valence-electron chi connectivity index (χ2n) is 4.58. The first kappa shape index (κ1) is 13.8. The maximum atomic E-state index is 12.7. The number of methoxy groups -OCH3 is 1. The molecule has 0 saturated carbocycles. The van der Waals surface area contributed by atoms with Gasteiger partial charge in [-0.3, -0.25) is 9.78 Å². The lowest BCUT2D eigenvalue weighted by atomic mass is 9.99. The molecule has 4 heteroatoms. The summed E-state index contributed by atoms with van der Waals surface area (Å²) in [7, 11) is 1.59. The van der Waals surface area contributed by atoms with Gasteiger partial charge in [0.1, 0.15) is 11.4 Å². The zero-order valence-corrected chi connectivity index (χ0v) is 12.9. The highest BCUT2D eigenvalue weighted by Gasteiger charge is 2.15. The van der Waals surface area contributed by atoms with Gasteiger partial charge in [-0.05, 0) is 47.2 Å². The van der Waals surface area contributed by atoms with Crippen LogP contribution in [0.15, 0.2) is 59.2 Å². The second kappa shape index (κ2) is 5.66. The van der Waals surface area contributed by atoms with E-state index in [1.807, 2.05) is 24.3 Å². The number of pyridine rings is 1. The molecule has 0 aliphatic carbocycles. The van der Waals surface area contributed by atoms with Crippen molar-refractivity contribution in [3.05, 3.63) is 70.5 Å². The maximum Gasteiger partial charge on any atom is 0.212 e. The number of fused-ring (bicyclic) bond motifs is 1. The Labute approximate surface area is 130 Å². The number of carbonyl (C=O) groups excluding carboxylic acids is 1. The van der Waals surface area contributed by atoms with E-state index in [2.05, 4.69) is 20.9 Å². The van der Waals surface area contributed by atoms with E-state index in [0.29, 0.717) is 17.0 Å². The average Bonchev–Trinajstić information content (AvgIpc) is 2.54. The van der Waals surface area contributed by atoms with Crippen molar-refractivity contribution in [2.45, 2.75) is 0 Å². The van der Waals surface area contributed by atoms with Gasteiger partial charge in [0.05, 0.1) is 7.11 Å². The minimum Gasteiger partial charge on any atom is -0.497 e. The van der Waals surface area contributed by atoms with Crippen LogP contribution in [-0.2, 0) is 0 Å². The number of ether oxygens (including phenoxy) is 1. The number of carbonyl (C=O) groups is 1. The van der Waals surface area contributed by atoms with Crippen molar-refractivity contribution >= 4 is 32.5 Å². The van der Waals surface area contributed by atoms with Crippen molar-refractivity contribution in [3.63, 3.8) is 0 Å². The largest absolute Gasteiger partial charge is 0.497 e. The monoisotopic (exact) mass is 341 g/mol. The summed E-state index contributed by atoms with van der Waals surface area (Å²) >= 11 is 3.45. The smallest absolute Gasteiger partial charge is 0.212 e. The molecule has 3 rings (SSSR count). The van der Waals surface area contributed by atoms with Crippen molar-refractivity contribution in [1.29, 1.82) is 0 Å². The normalized spacial score (nSPS) is 10.6. The Hall–Kier alpha value is -2.20. The Kier molecular flexibility index (Phi) is 3.71. The highest BCUT2D eigenvalue weighted by Crippen LogP contribution is 2.29. The fraction of sp³-hybridized carbons (Fsp3) is 0.0588. The van der Waals surface area contributed by atoms with Gasteiger partial charge >= 0.3 is 0 Å². The van der Waals surface area contributed by atoms with Gasteiger partial charge in [-0.25, -0.2) is 0 Å². The van der Waals surface area contributed by atoms with Crippen molar-refractivity contribution in [1.82, 2.24) is 4.98 Å². The van der Waals surface area contributed by atoms with Crippen molar-refractivity contribution in [3.8, 4) is 5.75 Å². The van der Waals surface area contributed by atoms with Gasteiger partial charge in [-0.1, -0.05) is 28.1 Å². The maximum absolute atomic E-state index is 12.7. The van der Waals surface area contributed by atoms with Gasteiger partial charge in [-0.2, -0.15) is 0 Å². The Balaban J connectivity index is 2.25. The van der Waals surface area contributed by atoms with E-state index in [1.165, 1.54) is 0 Å². The molecule has 1 heterocycles. The lowest BCUT2D eigenvalue weighted by Gasteiger charge is -2.09. The van der Waals surface area contributed by atoms with Gasteiger partial charge in [0.15, 0.2) is 0 Å². The molecule has 0 amide bonds. The third-order valence-electron chi connectivity index (χ3n) is 3.27. The molecule has 0 radical (unpaired) electrons. The fourth-order valence-electron chi connectivity index (χ4n) is 2.24. The van der Waals surface area contributed by atoms with E-state index in [4.69, 9.17) is 4.74 Å². The number of ketones is 1. The summed E-state index contributed by atoms with van der Waals surface area (Å²) in [5.41, 5.74) is 1.01. The van der Waals surface area contributed by atoms with Crippen LogP contribution in [0.3, 0.4) is 0 Å². The molecule has 0 saturated heterocycles. The lowest BCUT2D eigenvalue weighted by molar-refractivity contribution is 0.103. The van der Waals surface area contributed by atoms with Crippen LogP contribution >= 0.6 is 15.9 Å². The fourth-order valence-corrected chi connectivity index (χ4v) is 2.60. The standard InChI is InChI=1S/C17H12BrNO2/c1-21-13-8-11-5-6-12(18)9-14(11)15(10-13)17(20)16-4-2-3-7-19-16/h2-10H,1H3. The first-order valence-electron chi connectivity index (χ1n) is 6.42. The summed E-state index contributed by atoms with van der Waals surface area (Å²) < 4.78 is 6.22. The highest BCUT2D eigenvalue weighted by atomic mass is 79.9. The van der Waals surface area contributed by atoms with Crippen LogP contribution in [0.2, 0.25) is 0 Å². The summed E-state index contributed by atoms with van der Waals surface area (Å²) in [6, 6.07) is 14.8. The Morgan fingerprint density at radius 3 is 2.71 bits per heavy atom. The summed E-state index contributed by atoms with van der Waals surface area (Å²) in [4.78, 5) is 16.8. The number of hydrogen-bond acceptors (Lipinski definition) is 3. The minimum absolute atomic E-state index is 0.113. The molecule has 104 valence electrons. The molecule has 3 aromatic rings. The number of nitrogens with zero attached hydrogens (tertiary/aromatic N) is 1. The van der Waals surface area contributed by atoms with Crippen LogP contribution in [0.25, 0.3) is 10.8 Å². The van der Waals surface area contributed by atoms with E-state index in [0.717, 1.165) is 15.2 Å². The summed E-state index contributed by atoms with van der Waals surface area (Å²) in [6.45, 7) is 0. The van der Waals surface area contributed by atoms with E-state index < -0.39 is 0 Å². The quantitative estimate of drug-likeness (QED) is 0.669. The molecular formula is C17H12BrNO2. The Morgan fingerprint density at radius 2 is 2.00 bits per heavy atom. The molecule has 0 spiro atoms. The van der Waals surface area contributed by atoms with Crippen LogP contribution in [-0.4, -0.2) is 17.9 Å². The number of benzene rings is 2. The molecule has 0 atom stereocenters. The van der Waals surface area contributed by atoms with E-state index >= 15 is 0 Å². The third-order valence-corrected chi connectivity index (χ3v) is 3.76. The molecular weight excluding hydrogens is 330 g/mol. The van der Waals surface area contributed by atoms with Gasteiger partial charge < -0.3 is 4.74 Å². The van der Waals surface area contributed by atoms with Crippen molar-refractivity contribution in [2.75, 3.05) is 7.11 Å². The number of aromatic nitrogens is 1. The topological polar surface area (TPSA) is 39.2 Å². The average molecular weight is 342 g/mol. The molecule has 2 aromatic carbocycles. The number of halogens is 1. The van der Waals surface area contributed by atoms with E-state index in [9.17, 15) is 4.79 Å². The summed E-state index contributed by atoms with van der Waals surface area (Å²) in [6.07, 6.45) is 1.62. The minimum atomic E-state index is -0.113. The molecule has 21 heavy (non-hydrogen) atoms. The van der Waals surface area contributed by atoms with Crippen LogP contribution in [0, 0.1) is 0 Å². The second-order valence-corrected chi connectivity index (χ2v) is 5.50. The first-order chi connectivity index (χ1) is 10.2. The lowest BCUT2D eigenvalue weighted by Crippen LogP contribution is -2.05. The molecule has 1 aromatic heterocycles. The van der Waals surface area contributed by atoms with Crippen molar-refractivity contribution in [2.24, 2.45) is 0 Å². The molecule has 0 fully saturated rings. The molecule has 3 nitrogen and oxygen atoms in total. The van der Waals surface area contributed by atoms with Gasteiger partial charge in [0.2, 0.25) is 5.78 Å². The van der Waals surface area contributed by atoms with Crippen molar-refractivity contribution < 1.29 is 9.53 Å². The van der Waals surface area contributed by atoms with Gasteiger partial charge in [-0.15, -0.1) is 0 Å². The predicted molar refractivity (Wildman–Crippen MR) is 85.9 cm³/mol. The van der Waals surface area contributed by atoms with Crippen LogP contribution in [0.1, 0.15) is 16.1 Å². The number of hydrogen-bond donors (Lipinski definition) is 0. The third kappa shape index (κ3) is 2.67. The number of rotatable bonds is 3. The molecule has 0 aliphatic rings. The van der Waals surface area contributed by atoms with Crippen LogP contribution in [0.5, 0.6) is 5.75 Å². The summed E-state index contributed by atoms with van der Waals surface area (Å²) in [5, 5.41) is 1.83. The van der Waals surface area contributed by atoms with E-state index in [-0.39, 0.29) is 5.78 Å². The molecule has 0 aliphatic heterocycles. The molecule has 0 unspecified atom stereocenters. The highest BCUT2D eigenvalue weighted by molar-refractivity contribution is 9.10. The van der Waals surface area contributed by atoms with E-state index in [1.54, 1.807) is 37.6 Å². The van der Waals surface area contributed by atoms with Gasteiger partial charge in [0.25, 0.3) is 0 Å². The summed E-state index contributed by atoms with van der Waals surface area (Å²) in [5.74, 6) is 0.543. The molecule has 0 bridgehead atoms. The van der Waals surface area contributed by atoms with Gasteiger partial charge in [0, 0.05) is 16.2 Å². The zero-order chi connectivity index (χ0) is 14.8. The predicted octanol–water partition coefficient (Wildman–Crippen LogP) is 4.24. The zero-order valence-electron chi connectivity index (χ0n) is 11.3. The van der Waals surface area contributed by atoms with Crippen LogP contribution in [0.4, 0.5) is 0 Å². The first-order valence-corrected chi connectivity index (χ1v) is 7.21. The SMILES string of the molecule is COc1cc(C(=O)c2ccccn2)c2cc(Br)ccc2c1. The Morgan fingerprint density at radius 1 is 1.14 bits per heavy atom. The van der Waals surface area contributed by atoms with Crippen LogP contribution < -0.4 is 4.74 Å². The molecule has 0 N–H and O–H groups in total.